The van der Waals surface area contributed by atoms with Gasteiger partial charge in [0, 0.05) is 36.4 Å². The van der Waals surface area contributed by atoms with Crippen molar-refractivity contribution in [2.45, 2.75) is 58.0 Å². The van der Waals surface area contributed by atoms with Crippen molar-refractivity contribution in [3.05, 3.63) is 69.8 Å². The van der Waals surface area contributed by atoms with Crippen LogP contribution >= 0.6 is 0 Å². The second kappa shape index (κ2) is 10.5. The fraction of sp³-hybridized carbons (Fsp3) is 0.440. The fourth-order valence-electron chi connectivity index (χ4n) is 3.99. The molecule has 33 heavy (non-hydrogen) atoms. The Morgan fingerprint density at radius 2 is 1.91 bits per heavy atom. The minimum absolute atomic E-state index is 0.150. The second-order valence-corrected chi connectivity index (χ2v) is 9.40. The van der Waals surface area contributed by atoms with Crippen LogP contribution in [0.15, 0.2) is 48.5 Å². The van der Waals surface area contributed by atoms with Gasteiger partial charge in [0.1, 0.15) is 6.04 Å². The fourth-order valence-corrected chi connectivity index (χ4v) is 3.99. The first-order valence-corrected chi connectivity index (χ1v) is 11.3. The van der Waals surface area contributed by atoms with Crippen LogP contribution in [0.25, 0.3) is 0 Å². The molecule has 2 N–H and O–H groups in total. The van der Waals surface area contributed by atoms with Gasteiger partial charge in [-0.2, -0.15) is 0 Å². The van der Waals surface area contributed by atoms with Gasteiger partial charge in [0.15, 0.2) is 0 Å². The first kappa shape index (κ1) is 24.2. The highest BCUT2D eigenvalue weighted by Gasteiger charge is 2.33. The summed E-state index contributed by atoms with van der Waals surface area (Å²) in [5, 5.41) is 17.6. The Labute approximate surface area is 194 Å². The lowest BCUT2D eigenvalue weighted by Gasteiger charge is -2.33. The lowest BCUT2D eigenvalue weighted by Crippen LogP contribution is -2.54. The standard InChI is InChI=1S/C25H32N4O4/c1-25(2,3)27-23(30)22(14-11-18-9-5-4-6-10-18)28-16-8-7-15-26-21-13-12-19(29(32)33)17-20(21)24(28)31/h4-6,9-10,12-13,17,22,26H,7-8,11,14-16H2,1-3H3,(H,27,30). The summed E-state index contributed by atoms with van der Waals surface area (Å²) in [4.78, 5) is 39.5. The molecule has 0 saturated heterocycles. The van der Waals surface area contributed by atoms with Crippen LogP contribution in [-0.4, -0.2) is 46.3 Å². The van der Waals surface area contributed by atoms with Gasteiger partial charge in [0.25, 0.3) is 11.6 Å². The number of benzene rings is 2. The monoisotopic (exact) mass is 452 g/mol. The Kier molecular flexibility index (Phi) is 7.68. The number of nitrogens with zero attached hydrogens (tertiary/aromatic N) is 2. The molecule has 2 amide bonds. The number of non-ortho nitro benzene ring substituents is 1. The quantitative estimate of drug-likeness (QED) is 0.506. The average molecular weight is 453 g/mol. The predicted octanol–water partition coefficient (Wildman–Crippen LogP) is 4.16. The number of anilines is 1. The zero-order valence-electron chi connectivity index (χ0n) is 19.5. The molecule has 2 aromatic rings. The number of carbonyl (C=O) groups is 2. The topological polar surface area (TPSA) is 105 Å². The normalized spacial score (nSPS) is 15.4. The lowest BCUT2D eigenvalue weighted by molar-refractivity contribution is -0.384. The second-order valence-electron chi connectivity index (χ2n) is 9.40. The number of rotatable bonds is 6. The molecule has 8 heteroatoms. The molecule has 176 valence electrons. The van der Waals surface area contributed by atoms with Gasteiger partial charge in [-0.3, -0.25) is 19.7 Å². The van der Waals surface area contributed by atoms with Gasteiger partial charge in [-0.1, -0.05) is 30.3 Å². The molecule has 8 nitrogen and oxygen atoms in total. The van der Waals surface area contributed by atoms with Crippen LogP contribution in [0.2, 0.25) is 0 Å². The lowest BCUT2D eigenvalue weighted by atomic mass is 10.00. The SMILES string of the molecule is CC(C)(C)NC(=O)C(CCc1ccccc1)N1CCCCNc2ccc([N+](=O)[O-])cc2C1=O. The maximum atomic E-state index is 13.7. The third-order valence-corrected chi connectivity index (χ3v) is 5.57. The molecule has 2 aromatic carbocycles. The molecular formula is C25H32N4O4. The largest absolute Gasteiger partial charge is 0.384 e. The van der Waals surface area contributed by atoms with E-state index in [4.69, 9.17) is 0 Å². The van der Waals surface area contributed by atoms with E-state index in [2.05, 4.69) is 10.6 Å². The first-order chi connectivity index (χ1) is 15.7. The number of hydrogen-bond acceptors (Lipinski definition) is 5. The van der Waals surface area contributed by atoms with Crippen molar-refractivity contribution in [2.24, 2.45) is 0 Å². The highest BCUT2D eigenvalue weighted by atomic mass is 16.6. The molecule has 0 aromatic heterocycles. The van der Waals surface area contributed by atoms with Gasteiger partial charge in [-0.15, -0.1) is 0 Å². The van der Waals surface area contributed by atoms with E-state index in [1.807, 2.05) is 51.1 Å². The van der Waals surface area contributed by atoms with E-state index in [1.165, 1.54) is 12.1 Å². The minimum Gasteiger partial charge on any atom is -0.384 e. The maximum Gasteiger partial charge on any atom is 0.270 e. The smallest absolute Gasteiger partial charge is 0.270 e. The highest BCUT2D eigenvalue weighted by Crippen LogP contribution is 2.27. The van der Waals surface area contributed by atoms with Gasteiger partial charge in [-0.25, -0.2) is 0 Å². The number of nitro benzene ring substituents is 1. The van der Waals surface area contributed by atoms with Crippen molar-refractivity contribution in [3.63, 3.8) is 0 Å². The van der Waals surface area contributed by atoms with E-state index in [0.717, 1.165) is 18.4 Å². The summed E-state index contributed by atoms with van der Waals surface area (Å²) < 4.78 is 0. The Bertz CT molecular complexity index is 1000. The van der Waals surface area contributed by atoms with E-state index >= 15 is 0 Å². The molecule has 3 rings (SSSR count). The molecule has 0 fully saturated rings. The van der Waals surface area contributed by atoms with Crippen molar-refractivity contribution in [2.75, 3.05) is 18.4 Å². The van der Waals surface area contributed by atoms with Crippen molar-refractivity contribution in [1.82, 2.24) is 10.2 Å². The van der Waals surface area contributed by atoms with Gasteiger partial charge in [0.05, 0.1) is 10.5 Å². The Morgan fingerprint density at radius 1 is 1.18 bits per heavy atom. The molecule has 1 aliphatic heterocycles. The van der Waals surface area contributed by atoms with Crippen LogP contribution in [0.1, 0.15) is 56.0 Å². The minimum atomic E-state index is -0.692. The van der Waals surface area contributed by atoms with Gasteiger partial charge < -0.3 is 15.5 Å². The van der Waals surface area contributed by atoms with Crippen molar-refractivity contribution < 1.29 is 14.5 Å². The van der Waals surface area contributed by atoms with Gasteiger partial charge in [-0.05, 0) is 58.1 Å². The molecule has 0 bridgehead atoms. The summed E-state index contributed by atoms with van der Waals surface area (Å²) in [5.74, 6) is -0.587. The number of nitrogens with one attached hydrogen (secondary N) is 2. The van der Waals surface area contributed by atoms with Crippen LogP contribution in [0.4, 0.5) is 11.4 Å². The zero-order chi connectivity index (χ0) is 24.0. The van der Waals surface area contributed by atoms with Crippen LogP contribution < -0.4 is 10.6 Å². The van der Waals surface area contributed by atoms with Gasteiger partial charge in [0.2, 0.25) is 5.91 Å². The summed E-state index contributed by atoms with van der Waals surface area (Å²) in [7, 11) is 0. The maximum absolute atomic E-state index is 13.7. The molecule has 0 radical (unpaired) electrons. The summed E-state index contributed by atoms with van der Waals surface area (Å²) in [6, 6.07) is 13.4. The molecule has 1 aliphatic rings. The van der Waals surface area contributed by atoms with Crippen LogP contribution in [0, 0.1) is 10.1 Å². The number of aryl methyl sites for hydroxylation is 1. The third kappa shape index (κ3) is 6.54. The molecular weight excluding hydrogens is 420 g/mol. The molecule has 1 atom stereocenters. The number of carbonyl (C=O) groups excluding carboxylic acids is 2. The van der Waals surface area contributed by atoms with E-state index < -0.39 is 16.5 Å². The van der Waals surface area contributed by atoms with Crippen LogP contribution in [-0.2, 0) is 11.2 Å². The van der Waals surface area contributed by atoms with Crippen molar-refractivity contribution in [3.8, 4) is 0 Å². The molecule has 1 unspecified atom stereocenters. The summed E-state index contributed by atoms with van der Waals surface area (Å²) in [6.45, 7) is 6.76. The third-order valence-electron chi connectivity index (χ3n) is 5.57. The van der Waals surface area contributed by atoms with E-state index in [9.17, 15) is 19.7 Å². The number of fused-ring (bicyclic) bond motifs is 1. The molecule has 0 saturated carbocycles. The van der Waals surface area contributed by atoms with Crippen molar-refractivity contribution >= 4 is 23.2 Å². The molecule has 0 aliphatic carbocycles. The average Bonchev–Trinajstić information content (AvgIpc) is 2.83. The zero-order valence-corrected chi connectivity index (χ0v) is 19.5. The summed E-state index contributed by atoms with van der Waals surface area (Å²) in [6.07, 6.45) is 2.62. The number of amides is 2. The first-order valence-electron chi connectivity index (χ1n) is 11.3. The van der Waals surface area contributed by atoms with Crippen molar-refractivity contribution in [1.29, 1.82) is 0 Å². The number of nitro groups is 1. The molecule has 0 spiro atoms. The summed E-state index contributed by atoms with van der Waals surface area (Å²) >= 11 is 0. The van der Waals surface area contributed by atoms with E-state index in [1.54, 1.807) is 11.0 Å². The highest BCUT2D eigenvalue weighted by molar-refractivity contribution is 6.02. The van der Waals surface area contributed by atoms with Gasteiger partial charge >= 0.3 is 0 Å². The molecule has 1 heterocycles. The predicted molar refractivity (Wildman–Crippen MR) is 128 cm³/mol. The van der Waals surface area contributed by atoms with Crippen LogP contribution in [0.5, 0.6) is 0 Å². The Balaban J connectivity index is 1.98. The number of hydrogen-bond donors (Lipinski definition) is 2. The van der Waals surface area contributed by atoms with E-state index in [0.29, 0.717) is 31.6 Å². The summed E-state index contributed by atoms with van der Waals surface area (Å²) in [5.41, 5.74) is 1.25. The van der Waals surface area contributed by atoms with Crippen LogP contribution in [0.3, 0.4) is 0 Å². The van der Waals surface area contributed by atoms with E-state index in [-0.39, 0.29) is 23.1 Å². The Morgan fingerprint density at radius 3 is 2.58 bits per heavy atom. The Hall–Kier alpha value is -3.42.